The first kappa shape index (κ1) is 27.1. The van der Waals surface area contributed by atoms with Crippen molar-refractivity contribution in [2.45, 2.75) is 45.4 Å². The second-order valence-corrected chi connectivity index (χ2v) is 9.75. The van der Waals surface area contributed by atoms with E-state index in [2.05, 4.69) is 44.5 Å². The van der Waals surface area contributed by atoms with Crippen LogP contribution in [0, 0.1) is 0 Å². The lowest BCUT2D eigenvalue weighted by Gasteiger charge is -2.30. The molecule has 5 rings (SSSR count). The zero-order valence-corrected chi connectivity index (χ0v) is 23.1. The maximum absolute atomic E-state index is 13.2. The summed E-state index contributed by atoms with van der Waals surface area (Å²) in [5.74, 6) is 2.32. The second-order valence-electron chi connectivity index (χ2n) is 9.75. The number of hydrogen-bond acceptors (Lipinski definition) is 7. The smallest absolute Gasteiger partial charge is 0.252 e. The van der Waals surface area contributed by atoms with Gasteiger partial charge >= 0.3 is 0 Å². The molecule has 0 radical (unpaired) electrons. The number of rotatable bonds is 12. The second kappa shape index (κ2) is 12.6. The molecule has 0 spiro atoms. The van der Waals surface area contributed by atoms with Gasteiger partial charge in [0.1, 0.15) is 11.5 Å². The molecule has 0 aliphatic rings. The SMILES string of the molecule is CC[C@H](c1nnnn1CCc1ccccc1)N(Cc1ccc(OC)cc1)Cc1cc2cc(OC)ccc2[nH]c1=O. The summed E-state index contributed by atoms with van der Waals surface area (Å²) in [5, 5.41) is 13.7. The van der Waals surface area contributed by atoms with Crippen LogP contribution in [0.3, 0.4) is 0 Å². The molecule has 0 saturated heterocycles. The Morgan fingerprint density at radius 3 is 2.38 bits per heavy atom. The monoisotopic (exact) mass is 538 g/mol. The van der Waals surface area contributed by atoms with Crippen molar-refractivity contribution in [2.24, 2.45) is 0 Å². The summed E-state index contributed by atoms with van der Waals surface area (Å²) in [6.45, 7) is 3.80. The fourth-order valence-electron chi connectivity index (χ4n) is 5.03. The van der Waals surface area contributed by atoms with E-state index in [1.165, 1.54) is 5.56 Å². The van der Waals surface area contributed by atoms with Crippen LogP contribution in [-0.4, -0.2) is 44.3 Å². The summed E-state index contributed by atoms with van der Waals surface area (Å²) in [6.07, 6.45) is 1.58. The van der Waals surface area contributed by atoms with Gasteiger partial charge in [-0.25, -0.2) is 4.68 Å². The maximum Gasteiger partial charge on any atom is 0.252 e. The molecule has 0 unspecified atom stereocenters. The summed E-state index contributed by atoms with van der Waals surface area (Å²) in [6, 6.07) is 25.8. The number of aromatic nitrogens is 5. The molecule has 0 aliphatic heterocycles. The van der Waals surface area contributed by atoms with Crippen molar-refractivity contribution in [1.29, 1.82) is 0 Å². The quantitative estimate of drug-likeness (QED) is 0.241. The zero-order valence-electron chi connectivity index (χ0n) is 23.1. The average molecular weight is 539 g/mol. The molecule has 5 aromatic rings. The molecule has 40 heavy (non-hydrogen) atoms. The standard InChI is InChI=1S/C31H34N6O3/c1-4-29(30-33-34-35-37(30)17-16-22-8-6-5-7-9-22)36(20-23-10-12-26(39-2)13-11-23)21-25-18-24-19-27(40-3)14-15-28(24)32-31(25)38/h5-15,18-19,29H,4,16-17,20-21H2,1-3H3,(H,32,38)/t29-/m1/s1. The first-order valence-electron chi connectivity index (χ1n) is 13.4. The molecule has 0 amide bonds. The van der Waals surface area contributed by atoms with Crippen LogP contribution in [0.5, 0.6) is 11.5 Å². The van der Waals surface area contributed by atoms with Crippen LogP contribution >= 0.6 is 0 Å². The van der Waals surface area contributed by atoms with Crippen molar-refractivity contribution >= 4 is 10.9 Å². The number of benzene rings is 3. The van der Waals surface area contributed by atoms with Crippen molar-refractivity contribution in [3.8, 4) is 11.5 Å². The third kappa shape index (κ3) is 6.21. The molecule has 9 nitrogen and oxygen atoms in total. The van der Waals surface area contributed by atoms with Gasteiger partial charge in [0.25, 0.3) is 5.56 Å². The van der Waals surface area contributed by atoms with Crippen molar-refractivity contribution in [1.82, 2.24) is 30.1 Å². The Balaban J connectivity index is 1.48. The Bertz CT molecular complexity index is 1600. The summed E-state index contributed by atoms with van der Waals surface area (Å²) in [7, 11) is 3.29. The summed E-state index contributed by atoms with van der Waals surface area (Å²) in [5.41, 5.74) is 3.65. The Morgan fingerprint density at radius 2 is 1.65 bits per heavy atom. The lowest BCUT2D eigenvalue weighted by Crippen LogP contribution is -2.32. The summed E-state index contributed by atoms with van der Waals surface area (Å²) < 4.78 is 12.6. The number of tetrazole rings is 1. The highest BCUT2D eigenvalue weighted by molar-refractivity contribution is 5.80. The van der Waals surface area contributed by atoms with Crippen molar-refractivity contribution < 1.29 is 9.47 Å². The van der Waals surface area contributed by atoms with E-state index in [0.717, 1.165) is 46.6 Å². The van der Waals surface area contributed by atoms with Crippen molar-refractivity contribution in [3.63, 3.8) is 0 Å². The molecule has 0 bridgehead atoms. The van der Waals surface area contributed by atoms with Gasteiger partial charge in [0.05, 0.1) is 20.3 Å². The molecule has 1 N–H and O–H groups in total. The third-order valence-corrected chi connectivity index (χ3v) is 7.19. The van der Waals surface area contributed by atoms with Gasteiger partial charge in [0.15, 0.2) is 5.82 Å². The van der Waals surface area contributed by atoms with Gasteiger partial charge in [0.2, 0.25) is 0 Å². The van der Waals surface area contributed by atoms with Crippen molar-refractivity contribution in [3.05, 3.63) is 112 Å². The number of nitrogens with one attached hydrogen (secondary N) is 1. The van der Waals surface area contributed by atoms with Crippen LogP contribution in [0.25, 0.3) is 10.9 Å². The van der Waals surface area contributed by atoms with E-state index in [0.29, 0.717) is 25.2 Å². The van der Waals surface area contributed by atoms with Gasteiger partial charge in [-0.3, -0.25) is 9.69 Å². The van der Waals surface area contributed by atoms with Crippen LogP contribution < -0.4 is 15.0 Å². The predicted octanol–water partition coefficient (Wildman–Crippen LogP) is 4.93. The molecule has 0 fully saturated rings. The number of ether oxygens (including phenoxy) is 2. The van der Waals surface area contributed by atoms with Gasteiger partial charge in [-0.15, -0.1) is 5.10 Å². The van der Waals surface area contributed by atoms with Crippen LogP contribution in [0.4, 0.5) is 0 Å². The number of nitrogens with zero attached hydrogens (tertiary/aromatic N) is 5. The van der Waals surface area contributed by atoms with E-state index in [1.54, 1.807) is 14.2 Å². The van der Waals surface area contributed by atoms with Gasteiger partial charge in [-0.05, 0) is 70.8 Å². The van der Waals surface area contributed by atoms with Gasteiger partial charge < -0.3 is 14.5 Å². The number of H-pyrrole nitrogens is 1. The van der Waals surface area contributed by atoms with Gasteiger partial charge in [-0.2, -0.15) is 0 Å². The number of fused-ring (bicyclic) bond motifs is 1. The van der Waals surface area contributed by atoms with Crippen LogP contribution in [-0.2, 0) is 26.1 Å². The van der Waals surface area contributed by atoms with E-state index in [4.69, 9.17) is 9.47 Å². The first-order chi connectivity index (χ1) is 19.6. The van der Waals surface area contributed by atoms with E-state index >= 15 is 0 Å². The average Bonchev–Trinajstić information content (AvgIpc) is 3.45. The number of methoxy groups -OCH3 is 2. The molecule has 0 saturated carbocycles. The molecule has 2 aromatic heterocycles. The predicted molar refractivity (Wildman–Crippen MR) is 154 cm³/mol. The highest BCUT2D eigenvalue weighted by Crippen LogP contribution is 2.28. The molecular formula is C31H34N6O3. The van der Waals surface area contributed by atoms with Gasteiger partial charge in [0, 0.05) is 36.1 Å². The van der Waals surface area contributed by atoms with E-state index in [1.807, 2.05) is 71.4 Å². The minimum Gasteiger partial charge on any atom is -0.497 e. The first-order valence-corrected chi connectivity index (χ1v) is 13.4. The number of pyridine rings is 1. The number of aryl methyl sites for hydroxylation is 2. The Labute approximate surface area is 233 Å². The zero-order chi connectivity index (χ0) is 27.9. The molecule has 1 atom stereocenters. The molecule has 3 aromatic carbocycles. The van der Waals surface area contributed by atoms with Crippen molar-refractivity contribution in [2.75, 3.05) is 14.2 Å². The molecule has 9 heteroatoms. The Hall–Kier alpha value is -4.50. The fraction of sp³-hybridized carbons (Fsp3) is 0.290. The summed E-state index contributed by atoms with van der Waals surface area (Å²) in [4.78, 5) is 18.5. The highest BCUT2D eigenvalue weighted by atomic mass is 16.5. The van der Waals surface area contributed by atoms with E-state index in [-0.39, 0.29) is 11.6 Å². The topological polar surface area (TPSA) is 98.2 Å². The number of hydrogen-bond donors (Lipinski definition) is 1. The lowest BCUT2D eigenvalue weighted by molar-refractivity contribution is 0.160. The summed E-state index contributed by atoms with van der Waals surface area (Å²) >= 11 is 0. The highest BCUT2D eigenvalue weighted by Gasteiger charge is 2.26. The molecule has 0 aliphatic carbocycles. The Morgan fingerprint density at radius 1 is 0.900 bits per heavy atom. The molecule has 206 valence electrons. The van der Waals surface area contributed by atoms with E-state index < -0.39 is 0 Å². The largest absolute Gasteiger partial charge is 0.497 e. The third-order valence-electron chi connectivity index (χ3n) is 7.19. The minimum absolute atomic E-state index is 0.115. The van der Waals surface area contributed by atoms with Crippen LogP contribution in [0.1, 0.15) is 41.9 Å². The molecular weight excluding hydrogens is 504 g/mol. The molecule has 2 heterocycles. The maximum atomic E-state index is 13.2. The van der Waals surface area contributed by atoms with Crippen LogP contribution in [0.2, 0.25) is 0 Å². The van der Waals surface area contributed by atoms with Crippen LogP contribution in [0.15, 0.2) is 83.7 Å². The normalized spacial score (nSPS) is 12.1. The number of aromatic amines is 1. The minimum atomic E-state index is -0.117. The van der Waals surface area contributed by atoms with E-state index in [9.17, 15) is 4.79 Å². The Kier molecular flexibility index (Phi) is 8.51. The lowest BCUT2D eigenvalue weighted by atomic mass is 10.1. The fourth-order valence-corrected chi connectivity index (χ4v) is 5.03. The van der Waals surface area contributed by atoms with Gasteiger partial charge in [-0.1, -0.05) is 49.4 Å².